The first-order valence-electron chi connectivity index (χ1n) is 7.56. The number of nitrogens with zero attached hydrogens (tertiary/aromatic N) is 1. The van der Waals surface area contributed by atoms with Gasteiger partial charge in [-0.3, -0.25) is 0 Å². The molecule has 0 radical (unpaired) electrons. The first-order chi connectivity index (χ1) is 11.8. The van der Waals surface area contributed by atoms with E-state index in [0.717, 1.165) is 10.5 Å². The van der Waals surface area contributed by atoms with E-state index in [-0.39, 0.29) is 5.63 Å². The van der Waals surface area contributed by atoms with E-state index in [4.69, 9.17) is 4.42 Å². The van der Waals surface area contributed by atoms with Gasteiger partial charge in [0.15, 0.2) is 5.13 Å². The molecular formula is C19H14N2O2S. The van der Waals surface area contributed by atoms with Crippen molar-refractivity contribution in [2.45, 2.75) is 6.54 Å². The number of nitrogens with one attached hydrogen (secondary N) is 1. The van der Waals surface area contributed by atoms with E-state index in [1.165, 1.54) is 16.9 Å². The van der Waals surface area contributed by atoms with Crippen molar-refractivity contribution in [3.63, 3.8) is 0 Å². The summed E-state index contributed by atoms with van der Waals surface area (Å²) in [6.45, 7) is 0.695. The Balaban J connectivity index is 1.60. The Morgan fingerprint density at radius 1 is 1.04 bits per heavy atom. The first kappa shape index (κ1) is 14.7. The average molecular weight is 334 g/mol. The number of anilines is 1. The van der Waals surface area contributed by atoms with Crippen molar-refractivity contribution in [3.8, 4) is 11.3 Å². The molecule has 0 unspecified atom stereocenters. The van der Waals surface area contributed by atoms with Crippen molar-refractivity contribution in [2.24, 2.45) is 0 Å². The van der Waals surface area contributed by atoms with Crippen molar-refractivity contribution in [2.75, 3.05) is 5.32 Å². The maximum absolute atomic E-state index is 12.2. The Morgan fingerprint density at radius 3 is 2.71 bits per heavy atom. The molecular weight excluding hydrogens is 320 g/mol. The quantitative estimate of drug-likeness (QED) is 0.557. The Kier molecular flexibility index (Phi) is 3.84. The normalized spacial score (nSPS) is 10.8. The summed E-state index contributed by atoms with van der Waals surface area (Å²) in [5, 5.41) is 6.82. The molecule has 0 aliphatic rings. The van der Waals surface area contributed by atoms with Crippen LogP contribution in [0.25, 0.3) is 22.2 Å². The second kappa shape index (κ2) is 6.29. The zero-order valence-corrected chi connectivity index (χ0v) is 13.5. The molecule has 0 saturated carbocycles. The lowest BCUT2D eigenvalue weighted by atomic mass is 10.1. The molecule has 0 aliphatic heterocycles. The Labute approximate surface area is 142 Å². The van der Waals surface area contributed by atoms with Crippen LogP contribution in [0, 0.1) is 0 Å². The Morgan fingerprint density at radius 2 is 1.83 bits per heavy atom. The molecule has 5 heteroatoms. The summed E-state index contributed by atoms with van der Waals surface area (Å²) in [4.78, 5) is 16.7. The van der Waals surface area contributed by atoms with E-state index in [1.54, 1.807) is 6.07 Å². The minimum Gasteiger partial charge on any atom is -0.422 e. The highest BCUT2D eigenvalue weighted by Gasteiger charge is 2.11. The van der Waals surface area contributed by atoms with Crippen LogP contribution in [-0.4, -0.2) is 4.98 Å². The molecule has 4 nitrogen and oxygen atoms in total. The van der Waals surface area contributed by atoms with Crippen molar-refractivity contribution in [1.29, 1.82) is 0 Å². The van der Waals surface area contributed by atoms with Crippen LogP contribution < -0.4 is 10.9 Å². The summed E-state index contributed by atoms with van der Waals surface area (Å²) in [6.07, 6.45) is 0. The molecule has 24 heavy (non-hydrogen) atoms. The largest absolute Gasteiger partial charge is 0.422 e. The van der Waals surface area contributed by atoms with Crippen molar-refractivity contribution < 1.29 is 4.42 Å². The van der Waals surface area contributed by atoms with Gasteiger partial charge in [0.2, 0.25) is 0 Å². The number of thiazole rings is 1. The maximum atomic E-state index is 12.2. The third-order valence-electron chi connectivity index (χ3n) is 3.71. The monoisotopic (exact) mass is 334 g/mol. The first-order valence-corrected chi connectivity index (χ1v) is 8.44. The van der Waals surface area contributed by atoms with Gasteiger partial charge < -0.3 is 9.73 Å². The zero-order chi connectivity index (χ0) is 16.4. The van der Waals surface area contributed by atoms with E-state index < -0.39 is 0 Å². The number of aromatic nitrogens is 1. The fourth-order valence-electron chi connectivity index (χ4n) is 2.49. The van der Waals surface area contributed by atoms with Gasteiger partial charge in [-0.05, 0) is 17.7 Å². The number of hydrogen-bond donors (Lipinski definition) is 1. The zero-order valence-electron chi connectivity index (χ0n) is 12.7. The predicted octanol–water partition coefficient (Wildman–Crippen LogP) is 4.53. The van der Waals surface area contributed by atoms with Gasteiger partial charge in [0.1, 0.15) is 5.58 Å². The fourth-order valence-corrected chi connectivity index (χ4v) is 3.20. The molecule has 4 rings (SSSR count). The highest BCUT2D eigenvalue weighted by atomic mass is 32.1. The summed E-state index contributed by atoms with van der Waals surface area (Å²) < 4.78 is 5.37. The van der Waals surface area contributed by atoms with Crippen LogP contribution >= 0.6 is 11.3 Å². The SMILES string of the molecule is O=c1oc2ccccc2cc1-c1csc(NCc2ccccc2)n1. The topological polar surface area (TPSA) is 55.1 Å². The van der Waals surface area contributed by atoms with Crippen LogP contribution in [0.4, 0.5) is 5.13 Å². The van der Waals surface area contributed by atoms with E-state index in [1.807, 2.05) is 47.8 Å². The fraction of sp³-hybridized carbons (Fsp3) is 0.0526. The number of benzene rings is 2. The van der Waals surface area contributed by atoms with E-state index in [0.29, 0.717) is 23.4 Å². The van der Waals surface area contributed by atoms with Crippen LogP contribution in [0.1, 0.15) is 5.56 Å². The lowest BCUT2D eigenvalue weighted by Gasteiger charge is -2.02. The lowest BCUT2D eigenvalue weighted by molar-refractivity contribution is 0.563. The van der Waals surface area contributed by atoms with Crippen molar-refractivity contribution in [1.82, 2.24) is 4.98 Å². The summed E-state index contributed by atoms with van der Waals surface area (Å²) in [7, 11) is 0. The molecule has 0 amide bonds. The maximum Gasteiger partial charge on any atom is 0.345 e. The molecule has 0 aliphatic carbocycles. The van der Waals surface area contributed by atoms with Crippen molar-refractivity contribution >= 4 is 27.4 Å². The standard InChI is InChI=1S/C19H14N2O2S/c22-18-15(10-14-8-4-5-9-17(14)23-18)16-12-24-19(21-16)20-11-13-6-2-1-3-7-13/h1-10,12H,11H2,(H,20,21). The minimum atomic E-state index is -0.367. The number of fused-ring (bicyclic) bond motifs is 1. The number of rotatable bonds is 4. The molecule has 1 N–H and O–H groups in total. The van der Waals surface area contributed by atoms with Gasteiger partial charge >= 0.3 is 5.63 Å². The van der Waals surface area contributed by atoms with Gasteiger partial charge in [0.25, 0.3) is 0 Å². The van der Waals surface area contributed by atoms with E-state index in [2.05, 4.69) is 22.4 Å². The lowest BCUT2D eigenvalue weighted by Crippen LogP contribution is -2.03. The molecule has 0 spiro atoms. The average Bonchev–Trinajstić information content (AvgIpc) is 3.09. The minimum absolute atomic E-state index is 0.367. The summed E-state index contributed by atoms with van der Waals surface area (Å²) >= 11 is 1.47. The highest BCUT2D eigenvalue weighted by Crippen LogP contribution is 2.25. The molecule has 0 bridgehead atoms. The second-order valence-electron chi connectivity index (χ2n) is 5.36. The Bertz CT molecular complexity index is 1040. The molecule has 2 aromatic heterocycles. The molecule has 118 valence electrons. The summed E-state index contributed by atoms with van der Waals surface area (Å²) in [5.41, 5.74) is 2.52. The van der Waals surface area contributed by atoms with Crippen LogP contribution in [0.5, 0.6) is 0 Å². The second-order valence-corrected chi connectivity index (χ2v) is 6.22. The smallest absolute Gasteiger partial charge is 0.345 e. The van der Waals surface area contributed by atoms with Gasteiger partial charge in [-0.2, -0.15) is 0 Å². The number of para-hydroxylation sites is 1. The number of hydrogen-bond acceptors (Lipinski definition) is 5. The molecule has 2 heterocycles. The molecule has 0 atom stereocenters. The van der Waals surface area contributed by atoms with Crippen LogP contribution in [0.3, 0.4) is 0 Å². The van der Waals surface area contributed by atoms with Crippen LogP contribution in [-0.2, 0) is 6.54 Å². The summed E-state index contributed by atoms with van der Waals surface area (Å²) in [5.74, 6) is 0. The van der Waals surface area contributed by atoms with Crippen LogP contribution in [0.2, 0.25) is 0 Å². The third kappa shape index (κ3) is 2.94. The summed E-state index contributed by atoms with van der Waals surface area (Å²) in [6, 6.07) is 19.4. The molecule has 0 fully saturated rings. The van der Waals surface area contributed by atoms with Gasteiger partial charge in [-0.15, -0.1) is 11.3 Å². The van der Waals surface area contributed by atoms with Gasteiger partial charge in [-0.25, -0.2) is 9.78 Å². The van der Waals surface area contributed by atoms with E-state index >= 15 is 0 Å². The third-order valence-corrected chi connectivity index (χ3v) is 4.51. The highest BCUT2D eigenvalue weighted by molar-refractivity contribution is 7.14. The van der Waals surface area contributed by atoms with E-state index in [9.17, 15) is 4.79 Å². The van der Waals surface area contributed by atoms with Crippen LogP contribution in [0.15, 0.2) is 75.3 Å². The van der Waals surface area contributed by atoms with Gasteiger partial charge in [0.05, 0.1) is 11.3 Å². The van der Waals surface area contributed by atoms with Gasteiger partial charge in [-0.1, -0.05) is 48.5 Å². The van der Waals surface area contributed by atoms with Crippen molar-refractivity contribution in [3.05, 3.63) is 82.0 Å². The predicted molar refractivity (Wildman–Crippen MR) is 97.4 cm³/mol. The molecule has 0 saturated heterocycles. The van der Waals surface area contributed by atoms with Gasteiger partial charge in [0, 0.05) is 17.3 Å². The Hall–Kier alpha value is -2.92. The molecule has 2 aromatic carbocycles. The molecule has 4 aromatic rings.